The van der Waals surface area contributed by atoms with Gasteiger partial charge in [-0.3, -0.25) is 0 Å². The Bertz CT molecular complexity index is 312. The molecule has 3 nitrogen and oxygen atoms in total. The van der Waals surface area contributed by atoms with Crippen molar-refractivity contribution in [3.8, 4) is 17.7 Å². The Balaban J connectivity index is 2.97. The van der Waals surface area contributed by atoms with E-state index in [0.29, 0.717) is 12.4 Å². The minimum absolute atomic E-state index is 0.345. The zero-order valence-corrected chi connectivity index (χ0v) is 6.87. The predicted octanol–water partition coefficient (Wildman–Crippen LogP) is 0.400. The lowest BCUT2D eigenvalue weighted by Crippen LogP contribution is -1.94. The summed E-state index contributed by atoms with van der Waals surface area (Å²) in [6.07, 6.45) is 1.66. The average molecular weight is 162 g/mol. The van der Waals surface area contributed by atoms with Crippen LogP contribution in [0.3, 0.4) is 0 Å². The van der Waals surface area contributed by atoms with Crippen LogP contribution in [0.2, 0.25) is 0 Å². The lowest BCUT2D eigenvalue weighted by molar-refractivity contribution is 0.396. The molecule has 1 heterocycles. The van der Waals surface area contributed by atoms with E-state index in [1.807, 2.05) is 12.1 Å². The zero-order chi connectivity index (χ0) is 8.81. The predicted molar refractivity (Wildman–Crippen MR) is 46.7 cm³/mol. The number of methoxy groups -OCH3 is 1. The number of aromatic nitrogens is 1. The van der Waals surface area contributed by atoms with Gasteiger partial charge in [0.1, 0.15) is 0 Å². The van der Waals surface area contributed by atoms with Gasteiger partial charge in [0.2, 0.25) is 5.88 Å². The standard InChI is InChI=1S/C9H10N2O/c1-12-9-8(4-2-6-10)5-3-7-11-9/h3,5,7H,6,10H2,1H3. The second-order valence-corrected chi connectivity index (χ2v) is 2.07. The first-order valence-electron chi connectivity index (χ1n) is 3.56. The molecule has 0 spiro atoms. The second-order valence-electron chi connectivity index (χ2n) is 2.07. The number of nitrogens with zero attached hydrogens (tertiary/aromatic N) is 1. The van der Waals surface area contributed by atoms with Crippen molar-refractivity contribution in [3.63, 3.8) is 0 Å². The lowest BCUT2D eigenvalue weighted by Gasteiger charge is -1.98. The minimum atomic E-state index is 0.345. The number of hydrogen-bond acceptors (Lipinski definition) is 3. The first-order valence-corrected chi connectivity index (χ1v) is 3.56. The summed E-state index contributed by atoms with van der Waals surface area (Å²) in [6.45, 7) is 0.345. The summed E-state index contributed by atoms with van der Waals surface area (Å²) in [5.74, 6) is 6.14. The molecule has 0 aliphatic heterocycles. The normalized spacial score (nSPS) is 8.50. The maximum Gasteiger partial charge on any atom is 0.229 e. The molecule has 2 N–H and O–H groups in total. The molecular weight excluding hydrogens is 152 g/mol. The second kappa shape index (κ2) is 4.37. The van der Waals surface area contributed by atoms with Crippen molar-refractivity contribution >= 4 is 0 Å². The monoisotopic (exact) mass is 162 g/mol. The molecule has 0 aliphatic carbocycles. The number of rotatable bonds is 1. The lowest BCUT2D eigenvalue weighted by atomic mass is 10.3. The first kappa shape index (κ1) is 8.57. The van der Waals surface area contributed by atoms with Crippen molar-refractivity contribution in [2.45, 2.75) is 0 Å². The molecule has 1 aromatic rings. The van der Waals surface area contributed by atoms with Gasteiger partial charge in [-0.2, -0.15) is 0 Å². The molecule has 0 unspecified atom stereocenters. The minimum Gasteiger partial charge on any atom is -0.480 e. The highest BCUT2D eigenvalue weighted by Gasteiger charge is 1.97. The maximum absolute atomic E-state index is 5.23. The quantitative estimate of drug-likeness (QED) is 0.608. The molecule has 0 fully saturated rings. The Hall–Kier alpha value is -1.53. The van der Waals surface area contributed by atoms with Crippen molar-refractivity contribution in [2.75, 3.05) is 13.7 Å². The van der Waals surface area contributed by atoms with Crippen LogP contribution in [0.25, 0.3) is 0 Å². The van der Waals surface area contributed by atoms with E-state index in [0.717, 1.165) is 5.56 Å². The Morgan fingerprint density at radius 3 is 3.17 bits per heavy atom. The third-order valence-electron chi connectivity index (χ3n) is 1.29. The molecule has 1 rings (SSSR count). The summed E-state index contributed by atoms with van der Waals surface area (Å²) in [6, 6.07) is 3.65. The third-order valence-corrected chi connectivity index (χ3v) is 1.29. The summed E-state index contributed by atoms with van der Waals surface area (Å²) in [5.41, 5.74) is 6.00. The van der Waals surface area contributed by atoms with Crippen LogP contribution >= 0.6 is 0 Å². The maximum atomic E-state index is 5.23. The fourth-order valence-electron chi connectivity index (χ4n) is 0.795. The van der Waals surface area contributed by atoms with E-state index in [4.69, 9.17) is 10.5 Å². The van der Waals surface area contributed by atoms with E-state index < -0.39 is 0 Å². The van der Waals surface area contributed by atoms with E-state index in [9.17, 15) is 0 Å². The Kier molecular flexibility index (Phi) is 3.12. The average Bonchev–Trinajstić information content (AvgIpc) is 2.15. The molecule has 0 atom stereocenters. The number of ether oxygens (including phenoxy) is 1. The van der Waals surface area contributed by atoms with E-state index in [2.05, 4.69) is 16.8 Å². The van der Waals surface area contributed by atoms with Crippen LogP contribution in [0.15, 0.2) is 18.3 Å². The summed E-state index contributed by atoms with van der Waals surface area (Å²) in [5, 5.41) is 0. The molecule has 0 aliphatic rings. The highest BCUT2D eigenvalue weighted by molar-refractivity contribution is 5.41. The van der Waals surface area contributed by atoms with Gasteiger partial charge in [-0.25, -0.2) is 4.98 Å². The van der Waals surface area contributed by atoms with Crippen molar-refractivity contribution < 1.29 is 4.74 Å². The highest BCUT2D eigenvalue weighted by atomic mass is 16.5. The van der Waals surface area contributed by atoms with Crippen LogP contribution in [0.1, 0.15) is 5.56 Å². The molecule has 0 saturated heterocycles. The topological polar surface area (TPSA) is 48.1 Å². The summed E-state index contributed by atoms with van der Waals surface area (Å²) < 4.78 is 4.99. The molecule has 0 amide bonds. The van der Waals surface area contributed by atoms with Gasteiger partial charge < -0.3 is 10.5 Å². The molecule has 3 heteroatoms. The van der Waals surface area contributed by atoms with Crippen LogP contribution in [0.4, 0.5) is 0 Å². The van der Waals surface area contributed by atoms with E-state index in [1.54, 1.807) is 13.3 Å². The molecular formula is C9H10N2O. The van der Waals surface area contributed by atoms with Gasteiger partial charge in [0.05, 0.1) is 19.2 Å². The summed E-state index contributed by atoms with van der Waals surface area (Å²) >= 11 is 0. The van der Waals surface area contributed by atoms with Gasteiger partial charge >= 0.3 is 0 Å². The SMILES string of the molecule is COc1ncccc1C#CCN. The molecule has 0 radical (unpaired) electrons. The Morgan fingerprint density at radius 2 is 2.50 bits per heavy atom. The fraction of sp³-hybridized carbons (Fsp3) is 0.222. The van der Waals surface area contributed by atoms with E-state index in [1.165, 1.54) is 0 Å². The van der Waals surface area contributed by atoms with Gasteiger partial charge in [0.25, 0.3) is 0 Å². The van der Waals surface area contributed by atoms with Crippen LogP contribution in [0.5, 0.6) is 5.88 Å². The Morgan fingerprint density at radius 1 is 1.67 bits per heavy atom. The van der Waals surface area contributed by atoms with Gasteiger partial charge in [-0.05, 0) is 12.1 Å². The van der Waals surface area contributed by atoms with Crippen molar-refractivity contribution in [3.05, 3.63) is 23.9 Å². The fourth-order valence-corrected chi connectivity index (χ4v) is 0.795. The zero-order valence-electron chi connectivity index (χ0n) is 6.87. The largest absolute Gasteiger partial charge is 0.480 e. The van der Waals surface area contributed by atoms with Crippen molar-refractivity contribution in [1.29, 1.82) is 0 Å². The van der Waals surface area contributed by atoms with Gasteiger partial charge in [-0.1, -0.05) is 11.8 Å². The first-order chi connectivity index (χ1) is 5.88. The number of hydrogen-bond donors (Lipinski definition) is 1. The third kappa shape index (κ3) is 1.97. The Labute approximate surface area is 71.6 Å². The van der Waals surface area contributed by atoms with Crippen LogP contribution in [-0.2, 0) is 0 Å². The number of pyridine rings is 1. The molecule has 0 aromatic carbocycles. The van der Waals surface area contributed by atoms with Crippen molar-refractivity contribution in [1.82, 2.24) is 4.98 Å². The molecule has 12 heavy (non-hydrogen) atoms. The van der Waals surface area contributed by atoms with Gasteiger partial charge in [-0.15, -0.1) is 0 Å². The molecule has 0 bridgehead atoms. The smallest absolute Gasteiger partial charge is 0.229 e. The number of nitrogens with two attached hydrogens (primary N) is 1. The van der Waals surface area contributed by atoms with Crippen LogP contribution in [0, 0.1) is 11.8 Å². The van der Waals surface area contributed by atoms with Gasteiger partial charge in [0.15, 0.2) is 0 Å². The summed E-state index contributed by atoms with van der Waals surface area (Å²) in [7, 11) is 1.57. The molecule has 1 aromatic heterocycles. The molecule has 0 saturated carbocycles. The van der Waals surface area contributed by atoms with E-state index >= 15 is 0 Å². The highest BCUT2D eigenvalue weighted by Crippen LogP contribution is 2.10. The van der Waals surface area contributed by atoms with E-state index in [-0.39, 0.29) is 0 Å². The summed E-state index contributed by atoms with van der Waals surface area (Å²) in [4.78, 5) is 3.98. The van der Waals surface area contributed by atoms with Gasteiger partial charge in [0, 0.05) is 6.20 Å². The molecule has 62 valence electrons. The van der Waals surface area contributed by atoms with Crippen LogP contribution in [-0.4, -0.2) is 18.6 Å². The van der Waals surface area contributed by atoms with Crippen molar-refractivity contribution in [2.24, 2.45) is 5.73 Å². The van der Waals surface area contributed by atoms with Crippen LogP contribution < -0.4 is 10.5 Å².